The van der Waals surface area contributed by atoms with Crippen molar-refractivity contribution in [2.75, 3.05) is 4.90 Å². The summed E-state index contributed by atoms with van der Waals surface area (Å²) in [7, 11) is 0. The molecule has 9 rings (SSSR count). The molecule has 0 N–H and O–H groups in total. The van der Waals surface area contributed by atoms with Crippen molar-refractivity contribution in [2.45, 2.75) is 32.1 Å². The molecule has 0 radical (unpaired) electrons. The first-order valence-corrected chi connectivity index (χ1v) is 18.7. The van der Waals surface area contributed by atoms with Crippen LogP contribution in [0.1, 0.15) is 31.2 Å². The molecule has 0 unspecified atom stereocenters. The van der Waals surface area contributed by atoms with E-state index in [9.17, 15) is 0 Å². The Morgan fingerprint density at radius 3 is 2.32 bits per heavy atom. The maximum Gasteiger partial charge on any atom is 0.136 e. The van der Waals surface area contributed by atoms with E-state index >= 15 is 0 Å². The first kappa shape index (κ1) is 32.5. The van der Waals surface area contributed by atoms with Crippen LogP contribution in [-0.2, 0) is 6.42 Å². The summed E-state index contributed by atoms with van der Waals surface area (Å²) in [4.78, 5) is 2.53. The number of anilines is 2. The molecule has 0 saturated carbocycles. The zero-order valence-electron chi connectivity index (χ0n) is 29.8. The average Bonchev–Trinajstić information content (AvgIpc) is 3.61. The van der Waals surface area contributed by atoms with E-state index in [1.807, 2.05) is 12.1 Å². The monoisotopic (exact) mass is 683 g/mol. The fourth-order valence-electron chi connectivity index (χ4n) is 8.03. The van der Waals surface area contributed by atoms with Crippen molar-refractivity contribution in [1.29, 1.82) is 0 Å². The lowest BCUT2D eigenvalue weighted by Gasteiger charge is -2.32. The van der Waals surface area contributed by atoms with Gasteiger partial charge in [-0.2, -0.15) is 0 Å². The summed E-state index contributed by atoms with van der Waals surface area (Å²) in [5.41, 5.74) is 11.8. The number of rotatable bonds is 10. The Morgan fingerprint density at radius 2 is 1.45 bits per heavy atom. The Kier molecular flexibility index (Phi) is 8.79. The fraction of sp³-hybridized carbons (Fsp3) is 0.0980. The summed E-state index contributed by atoms with van der Waals surface area (Å²) >= 11 is 0. The van der Waals surface area contributed by atoms with Gasteiger partial charge in [0.1, 0.15) is 11.2 Å². The molecule has 2 heteroatoms. The normalized spacial score (nSPS) is 13.0. The molecule has 1 aromatic heterocycles. The van der Waals surface area contributed by atoms with Crippen LogP contribution in [0.2, 0.25) is 0 Å². The smallest absolute Gasteiger partial charge is 0.136 e. The van der Waals surface area contributed by atoms with E-state index in [1.54, 1.807) is 0 Å². The first-order chi connectivity index (χ1) is 26.2. The number of hydrogen-bond donors (Lipinski definition) is 0. The van der Waals surface area contributed by atoms with Gasteiger partial charge in [-0.25, -0.2) is 0 Å². The van der Waals surface area contributed by atoms with Gasteiger partial charge in [-0.3, -0.25) is 0 Å². The van der Waals surface area contributed by atoms with Crippen LogP contribution in [-0.4, -0.2) is 0 Å². The van der Waals surface area contributed by atoms with Gasteiger partial charge in [0, 0.05) is 27.8 Å². The molecule has 0 saturated heterocycles. The van der Waals surface area contributed by atoms with E-state index in [0.29, 0.717) is 0 Å². The molecule has 2 nitrogen and oxygen atoms in total. The largest absolute Gasteiger partial charge is 0.456 e. The number of fused-ring (bicyclic) bond motifs is 6. The predicted octanol–water partition coefficient (Wildman–Crippen LogP) is 14.7. The molecule has 8 aromatic rings. The minimum atomic E-state index is 0.925. The average molecular weight is 684 g/mol. The van der Waals surface area contributed by atoms with Crippen LogP contribution in [0.3, 0.4) is 0 Å². The highest BCUT2D eigenvalue weighted by Gasteiger charge is 2.21. The molecule has 256 valence electrons. The van der Waals surface area contributed by atoms with Gasteiger partial charge in [0.05, 0.1) is 0 Å². The van der Waals surface area contributed by atoms with Crippen molar-refractivity contribution in [3.8, 4) is 22.3 Å². The van der Waals surface area contributed by atoms with E-state index in [0.717, 1.165) is 48.7 Å². The number of allylic oxidation sites excluding steroid dienone is 7. The van der Waals surface area contributed by atoms with Gasteiger partial charge in [0.25, 0.3) is 0 Å². The SMILES string of the molecule is C=C/C=C\CCCc1cc(-c2ccc3ccc4oc5ccccc5c4c3c2)ccc1N(C1=CC=CCC1)c1cc(-c2ccccc2)c2ccccc2c1. The van der Waals surface area contributed by atoms with Crippen LogP contribution in [0.15, 0.2) is 193 Å². The standard InChI is InChI=1S/C51H41NO/c1-2-3-4-5-8-20-41-32-38(39-27-26-37-29-31-50-51(47(37)34-39)45-24-15-16-25-49(45)53-50)28-30-48(41)52(42-21-11-7-12-22-42)43-33-40-19-13-14-23-44(40)46(35-43)36-17-9-6-10-18-36/h2-4,6-7,9-11,13-19,21,23-35H,1,5,8,12,20,22H2/b4-3-. The van der Waals surface area contributed by atoms with Crippen LogP contribution in [0.25, 0.3) is 65.7 Å². The third-order valence-corrected chi connectivity index (χ3v) is 10.6. The molecule has 7 aromatic carbocycles. The zero-order chi connectivity index (χ0) is 35.6. The molecule has 0 amide bonds. The highest BCUT2D eigenvalue weighted by atomic mass is 16.3. The van der Waals surface area contributed by atoms with Crippen molar-refractivity contribution in [3.63, 3.8) is 0 Å². The molecule has 1 aliphatic carbocycles. The van der Waals surface area contributed by atoms with Crippen LogP contribution in [0.4, 0.5) is 11.4 Å². The lowest BCUT2D eigenvalue weighted by Crippen LogP contribution is -2.19. The molecule has 0 fully saturated rings. The number of para-hydroxylation sites is 1. The quantitative estimate of drug-likeness (QED) is 0.105. The van der Waals surface area contributed by atoms with Crippen molar-refractivity contribution in [2.24, 2.45) is 0 Å². The lowest BCUT2D eigenvalue weighted by molar-refractivity contribution is 0.669. The third kappa shape index (κ3) is 6.27. The Bertz CT molecular complexity index is 2720. The Labute approximate surface area is 311 Å². The molecule has 0 atom stereocenters. The maximum atomic E-state index is 6.28. The molecule has 0 spiro atoms. The minimum absolute atomic E-state index is 0.925. The highest BCUT2D eigenvalue weighted by molar-refractivity contribution is 6.19. The number of unbranched alkanes of at least 4 members (excludes halogenated alkanes) is 1. The lowest BCUT2D eigenvalue weighted by atomic mass is 9.93. The van der Waals surface area contributed by atoms with E-state index in [-0.39, 0.29) is 0 Å². The Balaban J connectivity index is 1.22. The first-order valence-electron chi connectivity index (χ1n) is 18.7. The van der Waals surface area contributed by atoms with Gasteiger partial charge in [0.15, 0.2) is 0 Å². The molecular formula is C51H41NO. The van der Waals surface area contributed by atoms with Gasteiger partial charge in [-0.1, -0.05) is 134 Å². The van der Waals surface area contributed by atoms with Crippen molar-refractivity contribution < 1.29 is 4.42 Å². The summed E-state index contributed by atoms with van der Waals surface area (Å²) < 4.78 is 6.28. The summed E-state index contributed by atoms with van der Waals surface area (Å²) in [6.07, 6.45) is 17.9. The third-order valence-electron chi connectivity index (χ3n) is 10.6. The number of hydrogen-bond acceptors (Lipinski definition) is 2. The van der Waals surface area contributed by atoms with Crippen molar-refractivity contribution >= 4 is 54.9 Å². The van der Waals surface area contributed by atoms with Gasteiger partial charge < -0.3 is 9.32 Å². The number of furan rings is 1. The van der Waals surface area contributed by atoms with E-state index in [1.165, 1.54) is 71.8 Å². The summed E-state index contributed by atoms with van der Waals surface area (Å²) in [6.45, 7) is 3.88. The van der Waals surface area contributed by atoms with Gasteiger partial charge in [0.2, 0.25) is 0 Å². The molecule has 1 aliphatic rings. The van der Waals surface area contributed by atoms with Crippen LogP contribution >= 0.6 is 0 Å². The van der Waals surface area contributed by atoms with Crippen LogP contribution in [0, 0.1) is 0 Å². The second-order valence-corrected chi connectivity index (χ2v) is 13.9. The molecule has 53 heavy (non-hydrogen) atoms. The predicted molar refractivity (Wildman–Crippen MR) is 227 cm³/mol. The maximum absolute atomic E-state index is 6.28. The van der Waals surface area contributed by atoms with Gasteiger partial charge in [-0.15, -0.1) is 0 Å². The number of benzene rings is 7. The Morgan fingerprint density at radius 1 is 0.660 bits per heavy atom. The van der Waals surface area contributed by atoms with Crippen LogP contribution < -0.4 is 4.90 Å². The second-order valence-electron chi connectivity index (χ2n) is 13.9. The van der Waals surface area contributed by atoms with E-state index in [4.69, 9.17) is 4.42 Å². The molecule has 0 aliphatic heterocycles. The van der Waals surface area contributed by atoms with Crippen LogP contribution in [0.5, 0.6) is 0 Å². The molecule has 0 bridgehead atoms. The van der Waals surface area contributed by atoms with Gasteiger partial charge in [-0.05, 0) is 130 Å². The summed E-state index contributed by atoms with van der Waals surface area (Å²) in [5, 5.41) is 7.27. The van der Waals surface area contributed by atoms with Gasteiger partial charge >= 0.3 is 0 Å². The highest BCUT2D eigenvalue weighted by Crippen LogP contribution is 2.43. The molecule has 1 heterocycles. The van der Waals surface area contributed by atoms with Crippen molar-refractivity contribution in [1.82, 2.24) is 0 Å². The van der Waals surface area contributed by atoms with E-state index in [2.05, 4.69) is 175 Å². The van der Waals surface area contributed by atoms with Crippen molar-refractivity contribution in [3.05, 3.63) is 194 Å². The van der Waals surface area contributed by atoms with E-state index < -0.39 is 0 Å². The minimum Gasteiger partial charge on any atom is -0.456 e. The zero-order valence-corrected chi connectivity index (χ0v) is 29.8. The Hall–Kier alpha value is -6.38. The number of nitrogens with zero attached hydrogens (tertiary/aromatic N) is 1. The topological polar surface area (TPSA) is 16.4 Å². The summed E-state index contributed by atoms with van der Waals surface area (Å²) in [5.74, 6) is 0. The fourth-order valence-corrected chi connectivity index (χ4v) is 8.03. The summed E-state index contributed by atoms with van der Waals surface area (Å²) in [6, 6.07) is 51.0. The number of aryl methyl sites for hydroxylation is 1. The second kappa shape index (κ2) is 14.3. The molecular weight excluding hydrogens is 643 g/mol.